The molecule has 1 aromatic rings. The number of carbonyl (C=O) groups excluding carboxylic acids is 2. The van der Waals surface area contributed by atoms with Crippen molar-refractivity contribution in [2.24, 2.45) is 0 Å². The van der Waals surface area contributed by atoms with Gasteiger partial charge in [-0.15, -0.1) is 0 Å². The molecule has 0 aliphatic carbocycles. The molecule has 0 aromatic heterocycles. The van der Waals surface area contributed by atoms with Crippen molar-refractivity contribution in [3.05, 3.63) is 24.3 Å². The van der Waals surface area contributed by atoms with Crippen LogP contribution in [-0.2, 0) is 9.59 Å². The molecule has 0 spiro atoms. The summed E-state index contributed by atoms with van der Waals surface area (Å²) < 4.78 is 0. The van der Waals surface area contributed by atoms with Crippen LogP contribution in [0.15, 0.2) is 24.3 Å². The van der Waals surface area contributed by atoms with Crippen molar-refractivity contribution in [3.63, 3.8) is 0 Å². The number of anilines is 2. The first-order valence-electron chi connectivity index (χ1n) is 9.57. The highest BCUT2D eigenvalue weighted by molar-refractivity contribution is 5.95. The zero-order chi connectivity index (χ0) is 17.8. The molecular formula is C20H29N3O2. The number of amides is 2. The molecule has 25 heavy (non-hydrogen) atoms. The molecule has 5 nitrogen and oxygen atoms in total. The number of hydrogen-bond acceptors (Lipinski definition) is 3. The number of nitrogens with one attached hydrogen (secondary N) is 1. The Morgan fingerprint density at radius 1 is 1.20 bits per heavy atom. The van der Waals surface area contributed by atoms with Gasteiger partial charge in [-0.1, -0.05) is 6.92 Å². The fourth-order valence-corrected chi connectivity index (χ4v) is 3.93. The second-order valence-electron chi connectivity index (χ2n) is 7.15. The van der Waals surface area contributed by atoms with Crippen LogP contribution in [-0.4, -0.2) is 41.9 Å². The van der Waals surface area contributed by atoms with Crippen LogP contribution in [0.2, 0.25) is 0 Å². The van der Waals surface area contributed by atoms with Crippen LogP contribution in [0.25, 0.3) is 0 Å². The van der Waals surface area contributed by atoms with E-state index < -0.39 is 0 Å². The number of benzene rings is 1. The Hall–Kier alpha value is -2.04. The van der Waals surface area contributed by atoms with Crippen LogP contribution < -0.4 is 10.2 Å². The smallest absolute Gasteiger partial charge is 0.245 e. The molecule has 2 amide bonds. The van der Waals surface area contributed by atoms with E-state index >= 15 is 0 Å². The standard InChI is InChI=1S/C20H29N3O2/c1-3-17-7-4-5-13-23(17)20(25)15(2)21-16-9-11-18(12-10-16)22-14-6-8-19(22)24/h9-12,15,17,21H,3-8,13-14H2,1-2H3. The largest absolute Gasteiger partial charge is 0.374 e. The van der Waals surface area contributed by atoms with Gasteiger partial charge in [0.2, 0.25) is 11.8 Å². The van der Waals surface area contributed by atoms with E-state index in [-0.39, 0.29) is 17.9 Å². The van der Waals surface area contributed by atoms with E-state index in [1.54, 1.807) is 0 Å². The monoisotopic (exact) mass is 343 g/mol. The molecule has 2 fully saturated rings. The van der Waals surface area contributed by atoms with Crippen LogP contribution in [0.1, 0.15) is 52.4 Å². The topological polar surface area (TPSA) is 52.7 Å². The molecule has 0 radical (unpaired) electrons. The molecule has 2 aliphatic heterocycles. The average Bonchev–Trinajstić information content (AvgIpc) is 3.07. The van der Waals surface area contributed by atoms with E-state index in [0.29, 0.717) is 12.5 Å². The molecule has 2 atom stereocenters. The van der Waals surface area contributed by atoms with Crippen LogP contribution in [0.3, 0.4) is 0 Å². The molecule has 136 valence electrons. The second-order valence-corrected chi connectivity index (χ2v) is 7.15. The normalized spacial score (nSPS) is 22.2. The zero-order valence-corrected chi connectivity index (χ0v) is 15.3. The molecular weight excluding hydrogens is 314 g/mol. The number of carbonyl (C=O) groups is 2. The van der Waals surface area contributed by atoms with Gasteiger partial charge in [-0.05, 0) is 63.3 Å². The molecule has 1 N–H and O–H groups in total. The third-order valence-electron chi connectivity index (χ3n) is 5.39. The lowest BCUT2D eigenvalue weighted by Crippen LogP contribution is -2.49. The van der Waals surface area contributed by atoms with Gasteiger partial charge in [0.1, 0.15) is 6.04 Å². The van der Waals surface area contributed by atoms with Gasteiger partial charge in [0.15, 0.2) is 0 Å². The molecule has 2 saturated heterocycles. The van der Waals surface area contributed by atoms with Gasteiger partial charge in [0.05, 0.1) is 0 Å². The Labute approximate surface area is 150 Å². The first kappa shape index (κ1) is 17.8. The Balaban J connectivity index is 1.61. The first-order chi connectivity index (χ1) is 12.1. The third-order valence-corrected chi connectivity index (χ3v) is 5.39. The highest BCUT2D eigenvalue weighted by atomic mass is 16.2. The van der Waals surface area contributed by atoms with Crippen molar-refractivity contribution in [1.82, 2.24) is 4.90 Å². The minimum Gasteiger partial charge on any atom is -0.374 e. The number of likely N-dealkylation sites (tertiary alicyclic amines) is 1. The van der Waals surface area contributed by atoms with Gasteiger partial charge in [-0.25, -0.2) is 0 Å². The van der Waals surface area contributed by atoms with Crippen molar-refractivity contribution in [2.75, 3.05) is 23.3 Å². The van der Waals surface area contributed by atoms with E-state index in [2.05, 4.69) is 17.1 Å². The van der Waals surface area contributed by atoms with E-state index in [9.17, 15) is 9.59 Å². The van der Waals surface area contributed by atoms with Crippen molar-refractivity contribution in [3.8, 4) is 0 Å². The van der Waals surface area contributed by atoms with Crippen molar-refractivity contribution in [2.45, 2.75) is 64.5 Å². The minimum atomic E-state index is -0.244. The molecule has 0 saturated carbocycles. The molecule has 3 rings (SSSR count). The van der Waals surface area contributed by atoms with Crippen LogP contribution in [0.4, 0.5) is 11.4 Å². The van der Waals surface area contributed by atoms with Crippen LogP contribution in [0.5, 0.6) is 0 Å². The summed E-state index contributed by atoms with van der Waals surface area (Å²) in [6.07, 6.45) is 6.04. The Morgan fingerprint density at radius 2 is 1.96 bits per heavy atom. The fourth-order valence-electron chi connectivity index (χ4n) is 3.93. The second kappa shape index (κ2) is 7.89. The van der Waals surface area contributed by atoms with Gasteiger partial charge in [0, 0.05) is 36.9 Å². The van der Waals surface area contributed by atoms with Gasteiger partial charge in [-0.2, -0.15) is 0 Å². The minimum absolute atomic E-state index is 0.186. The lowest BCUT2D eigenvalue weighted by Gasteiger charge is -2.37. The van der Waals surface area contributed by atoms with E-state index in [0.717, 1.165) is 50.1 Å². The van der Waals surface area contributed by atoms with E-state index in [4.69, 9.17) is 0 Å². The number of nitrogens with zero attached hydrogens (tertiary/aromatic N) is 2. The predicted octanol–water partition coefficient (Wildman–Crippen LogP) is 3.40. The van der Waals surface area contributed by atoms with Crippen molar-refractivity contribution in [1.29, 1.82) is 0 Å². The number of piperidine rings is 1. The molecule has 1 aromatic carbocycles. The lowest BCUT2D eigenvalue weighted by atomic mass is 9.99. The van der Waals surface area contributed by atoms with Gasteiger partial charge >= 0.3 is 0 Å². The maximum atomic E-state index is 12.8. The maximum Gasteiger partial charge on any atom is 0.245 e. The van der Waals surface area contributed by atoms with Crippen molar-refractivity contribution >= 4 is 23.2 Å². The predicted molar refractivity (Wildman–Crippen MR) is 101 cm³/mol. The number of hydrogen-bond donors (Lipinski definition) is 1. The highest BCUT2D eigenvalue weighted by Gasteiger charge is 2.28. The van der Waals surface area contributed by atoms with E-state index in [1.807, 2.05) is 36.1 Å². The maximum absolute atomic E-state index is 12.8. The molecule has 2 unspecified atom stereocenters. The molecule has 5 heteroatoms. The molecule has 2 aliphatic rings. The number of rotatable bonds is 5. The molecule has 0 bridgehead atoms. The van der Waals surface area contributed by atoms with Gasteiger partial charge < -0.3 is 15.1 Å². The van der Waals surface area contributed by atoms with Crippen LogP contribution >= 0.6 is 0 Å². The van der Waals surface area contributed by atoms with Crippen molar-refractivity contribution < 1.29 is 9.59 Å². The summed E-state index contributed by atoms with van der Waals surface area (Å²) in [5, 5.41) is 3.32. The summed E-state index contributed by atoms with van der Waals surface area (Å²) in [6, 6.07) is 7.97. The Bertz CT molecular complexity index is 614. The van der Waals surface area contributed by atoms with Crippen LogP contribution in [0, 0.1) is 0 Å². The Morgan fingerprint density at radius 3 is 2.60 bits per heavy atom. The summed E-state index contributed by atoms with van der Waals surface area (Å²) in [5.74, 6) is 0.380. The lowest BCUT2D eigenvalue weighted by molar-refractivity contribution is -0.135. The Kier molecular flexibility index (Phi) is 5.61. The average molecular weight is 343 g/mol. The van der Waals surface area contributed by atoms with E-state index in [1.165, 1.54) is 6.42 Å². The van der Waals surface area contributed by atoms with Gasteiger partial charge in [-0.3, -0.25) is 9.59 Å². The summed E-state index contributed by atoms with van der Waals surface area (Å²) in [4.78, 5) is 28.5. The summed E-state index contributed by atoms with van der Waals surface area (Å²) in [5.41, 5.74) is 1.86. The first-order valence-corrected chi connectivity index (χ1v) is 9.57. The van der Waals surface area contributed by atoms with Gasteiger partial charge in [0.25, 0.3) is 0 Å². The quantitative estimate of drug-likeness (QED) is 0.891. The summed E-state index contributed by atoms with van der Waals surface area (Å²) in [6.45, 7) is 5.77. The SMILES string of the molecule is CCC1CCCCN1C(=O)C(C)Nc1ccc(N2CCCC2=O)cc1. The summed E-state index contributed by atoms with van der Waals surface area (Å²) in [7, 11) is 0. The highest BCUT2D eigenvalue weighted by Crippen LogP contribution is 2.24. The zero-order valence-electron chi connectivity index (χ0n) is 15.3. The fraction of sp³-hybridized carbons (Fsp3) is 0.600. The molecule has 2 heterocycles. The third kappa shape index (κ3) is 3.97. The summed E-state index contributed by atoms with van der Waals surface area (Å²) >= 11 is 0.